The predicted octanol–water partition coefficient (Wildman–Crippen LogP) is 3.77. The van der Waals surface area contributed by atoms with E-state index in [2.05, 4.69) is 30.2 Å². The molecular weight excluding hydrogens is 196 g/mol. The van der Waals surface area contributed by atoms with Gasteiger partial charge in [-0.1, -0.05) is 13.3 Å². The lowest BCUT2D eigenvalue weighted by molar-refractivity contribution is 0.330. The molecule has 0 saturated heterocycles. The van der Waals surface area contributed by atoms with Gasteiger partial charge < -0.3 is 5.32 Å². The fourth-order valence-corrected chi connectivity index (χ4v) is 2.58. The first-order valence-electron chi connectivity index (χ1n) is 6.46. The average molecular weight is 218 g/mol. The molecule has 1 heterocycles. The summed E-state index contributed by atoms with van der Waals surface area (Å²) in [4.78, 5) is 4.22. The molecule has 2 nitrogen and oxygen atoms in total. The number of rotatable bonds is 3. The molecule has 0 spiro atoms. The van der Waals surface area contributed by atoms with Gasteiger partial charge in [0.1, 0.15) is 0 Å². The van der Waals surface area contributed by atoms with Crippen molar-refractivity contribution in [3.8, 4) is 0 Å². The van der Waals surface area contributed by atoms with Gasteiger partial charge in [-0.25, -0.2) is 0 Å². The molecule has 2 rings (SSSR count). The lowest BCUT2D eigenvalue weighted by atomic mass is 9.84. The number of aromatic nitrogens is 1. The van der Waals surface area contributed by atoms with Crippen LogP contribution in [0.2, 0.25) is 0 Å². The van der Waals surface area contributed by atoms with Gasteiger partial charge in [0, 0.05) is 18.4 Å². The van der Waals surface area contributed by atoms with Crippen LogP contribution in [-0.2, 0) is 0 Å². The van der Waals surface area contributed by atoms with Crippen LogP contribution in [0.15, 0.2) is 18.5 Å². The molecule has 1 saturated carbocycles. The molecule has 1 N–H and O–H groups in total. The minimum atomic E-state index is 0.659. The van der Waals surface area contributed by atoms with Gasteiger partial charge in [0.05, 0.1) is 5.69 Å². The van der Waals surface area contributed by atoms with Crippen molar-refractivity contribution >= 4 is 5.69 Å². The number of hydrogen-bond donors (Lipinski definition) is 1. The molecule has 1 aromatic heterocycles. The van der Waals surface area contributed by atoms with Crippen LogP contribution in [0.3, 0.4) is 0 Å². The third-order valence-corrected chi connectivity index (χ3v) is 3.67. The van der Waals surface area contributed by atoms with Crippen LogP contribution in [0.4, 0.5) is 5.69 Å². The zero-order chi connectivity index (χ0) is 11.4. The molecule has 0 unspecified atom stereocenters. The van der Waals surface area contributed by atoms with Crippen molar-refractivity contribution in [1.29, 1.82) is 0 Å². The number of nitrogens with zero attached hydrogens (tertiary/aromatic N) is 1. The van der Waals surface area contributed by atoms with Crippen LogP contribution >= 0.6 is 0 Å². The van der Waals surface area contributed by atoms with Crippen molar-refractivity contribution in [2.45, 2.75) is 52.0 Å². The summed E-state index contributed by atoms with van der Waals surface area (Å²) < 4.78 is 0. The fourth-order valence-electron chi connectivity index (χ4n) is 2.58. The van der Waals surface area contributed by atoms with Crippen LogP contribution in [0.25, 0.3) is 0 Å². The van der Waals surface area contributed by atoms with Crippen LogP contribution in [-0.4, -0.2) is 11.0 Å². The Kier molecular flexibility index (Phi) is 3.81. The molecule has 0 amide bonds. The van der Waals surface area contributed by atoms with E-state index in [4.69, 9.17) is 0 Å². The van der Waals surface area contributed by atoms with E-state index < -0.39 is 0 Å². The van der Waals surface area contributed by atoms with Crippen LogP contribution in [0, 0.1) is 12.8 Å². The summed E-state index contributed by atoms with van der Waals surface area (Å²) in [7, 11) is 0. The number of anilines is 1. The largest absolute Gasteiger partial charge is 0.381 e. The molecule has 0 bridgehead atoms. The fraction of sp³-hybridized carbons (Fsp3) is 0.643. The lowest BCUT2D eigenvalue weighted by Gasteiger charge is -2.29. The molecule has 0 aliphatic heterocycles. The highest BCUT2D eigenvalue weighted by molar-refractivity contribution is 5.43. The summed E-state index contributed by atoms with van der Waals surface area (Å²) in [5.41, 5.74) is 2.41. The summed E-state index contributed by atoms with van der Waals surface area (Å²) in [5, 5.41) is 3.60. The van der Waals surface area contributed by atoms with E-state index >= 15 is 0 Å². The molecule has 1 aliphatic rings. The van der Waals surface area contributed by atoms with Crippen molar-refractivity contribution in [3.05, 3.63) is 24.0 Å². The van der Waals surface area contributed by atoms with Crippen LogP contribution in [0.1, 0.15) is 44.6 Å². The smallest absolute Gasteiger partial charge is 0.0531 e. The minimum Gasteiger partial charge on any atom is -0.381 e. The summed E-state index contributed by atoms with van der Waals surface area (Å²) in [5.74, 6) is 0.966. The van der Waals surface area contributed by atoms with E-state index in [0.29, 0.717) is 6.04 Å². The first-order chi connectivity index (χ1) is 7.78. The van der Waals surface area contributed by atoms with E-state index in [1.165, 1.54) is 43.4 Å². The highest BCUT2D eigenvalue weighted by Gasteiger charge is 2.19. The summed E-state index contributed by atoms with van der Waals surface area (Å²) >= 11 is 0. The minimum absolute atomic E-state index is 0.659. The zero-order valence-electron chi connectivity index (χ0n) is 10.4. The quantitative estimate of drug-likeness (QED) is 0.835. The second-order valence-corrected chi connectivity index (χ2v) is 5.02. The first-order valence-corrected chi connectivity index (χ1v) is 6.46. The Bertz CT molecular complexity index is 327. The van der Waals surface area contributed by atoms with Gasteiger partial charge in [-0.3, -0.25) is 4.98 Å². The highest BCUT2D eigenvalue weighted by atomic mass is 14.9. The SMILES string of the molecule is CCC1CCC(Nc2cncc(C)c2)CC1. The second kappa shape index (κ2) is 5.33. The first kappa shape index (κ1) is 11.4. The van der Waals surface area contributed by atoms with Crippen molar-refractivity contribution in [1.82, 2.24) is 4.98 Å². The number of hydrogen-bond acceptors (Lipinski definition) is 2. The Morgan fingerprint density at radius 1 is 1.25 bits per heavy atom. The Morgan fingerprint density at radius 3 is 2.62 bits per heavy atom. The standard InChI is InChI=1S/C14H22N2/c1-3-12-4-6-13(7-5-12)16-14-8-11(2)9-15-10-14/h8-10,12-13,16H,3-7H2,1-2H3. The molecule has 0 radical (unpaired) electrons. The normalized spacial score (nSPS) is 25.4. The maximum atomic E-state index is 4.22. The predicted molar refractivity (Wildman–Crippen MR) is 68.6 cm³/mol. The summed E-state index contributed by atoms with van der Waals surface area (Å²) in [6.07, 6.45) is 10.6. The Morgan fingerprint density at radius 2 is 2.00 bits per heavy atom. The van der Waals surface area contributed by atoms with Crippen molar-refractivity contribution < 1.29 is 0 Å². The van der Waals surface area contributed by atoms with Crippen molar-refractivity contribution in [3.63, 3.8) is 0 Å². The number of aryl methyl sites for hydroxylation is 1. The molecule has 88 valence electrons. The molecule has 1 aromatic rings. The van der Waals surface area contributed by atoms with E-state index in [1.54, 1.807) is 0 Å². The molecule has 1 aliphatic carbocycles. The Labute approximate surface area is 98.5 Å². The van der Waals surface area contributed by atoms with E-state index in [0.717, 1.165) is 5.92 Å². The van der Waals surface area contributed by atoms with Gasteiger partial charge in [-0.2, -0.15) is 0 Å². The van der Waals surface area contributed by atoms with Crippen molar-refractivity contribution in [2.75, 3.05) is 5.32 Å². The molecule has 0 atom stereocenters. The van der Waals surface area contributed by atoms with Crippen LogP contribution in [0.5, 0.6) is 0 Å². The van der Waals surface area contributed by atoms with Gasteiger partial charge >= 0.3 is 0 Å². The van der Waals surface area contributed by atoms with Gasteiger partial charge in [0.2, 0.25) is 0 Å². The Hall–Kier alpha value is -1.05. The highest BCUT2D eigenvalue weighted by Crippen LogP contribution is 2.28. The molecule has 16 heavy (non-hydrogen) atoms. The lowest BCUT2D eigenvalue weighted by Crippen LogP contribution is -2.25. The number of nitrogens with one attached hydrogen (secondary N) is 1. The summed E-state index contributed by atoms with van der Waals surface area (Å²) in [6.45, 7) is 4.40. The second-order valence-electron chi connectivity index (χ2n) is 5.02. The Balaban J connectivity index is 1.87. The van der Waals surface area contributed by atoms with Gasteiger partial charge in [-0.15, -0.1) is 0 Å². The van der Waals surface area contributed by atoms with E-state index in [1.807, 2.05) is 12.4 Å². The third kappa shape index (κ3) is 2.97. The van der Waals surface area contributed by atoms with E-state index in [-0.39, 0.29) is 0 Å². The van der Waals surface area contributed by atoms with E-state index in [9.17, 15) is 0 Å². The number of pyridine rings is 1. The third-order valence-electron chi connectivity index (χ3n) is 3.67. The van der Waals surface area contributed by atoms with Crippen LogP contribution < -0.4 is 5.32 Å². The maximum Gasteiger partial charge on any atom is 0.0531 e. The zero-order valence-corrected chi connectivity index (χ0v) is 10.4. The van der Waals surface area contributed by atoms with Gasteiger partial charge in [0.25, 0.3) is 0 Å². The summed E-state index contributed by atoms with van der Waals surface area (Å²) in [6, 6.07) is 2.84. The maximum absolute atomic E-state index is 4.22. The molecule has 1 fully saturated rings. The topological polar surface area (TPSA) is 24.9 Å². The van der Waals surface area contributed by atoms with Gasteiger partial charge in [-0.05, 0) is 50.2 Å². The van der Waals surface area contributed by atoms with Gasteiger partial charge in [0.15, 0.2) is 0 Å². The average Bonchev–Trinajstić information content (AvgIpc) is 2.30. The molecule has 2 heteroatoms. The van der Waals surface area contributed by atoms with Crippen molar-refractivity contribution in [2.24, 2.45) is 5.92 Å². The molecule has 0 aromatic carbocycles. The molecular formula is C14H22N2. The monoisotopic (exact) mass is 218 g/mol.